The van der Waals surface area contributed by atoms with Crippen molar-refractivity contribution >= 4 is 5.91 Å². The number of carbonyl (C=O) groups excluding carboxylic acids is 1. The first-order valence-electron chi connectivity index (χ1n) is 12.3. The zero-order valence-electron chi connectivity index (χ0n) is 21.7. The smallest absolute Gasteiger partial charge is 0.253 e. The second-order valence-corrected chi connectivity index (χ2v) is 8.54. The summed E-state index contributed by atoms with van der Waals surface area (Å²) in [6.07, 6.45) is 10.6. The number of carbonyl (C=O) groups is 1. The highest BCUT2D eigenvalue weighted by atomic mass is 16.5. The molecule has 5 heteroatoms. The molecule has 5 nitrogen and oxygen atoms in total. The lowest BCUT2D eigenvalue weighted by Crippen LogP contribution is -2.35. The van der Waals surface area contributed by atoms with Crippen LogP contribution in [0.15, 0.2) is 60.5 Å². The average Bonchev–Trinajstić information content (AvgIpc) is 2.83. The Bertz CT molecular complexity index is 779. The number of amides is 1. The third-order valence-corrected chi connectivity index (χ3v) is 5.68. The number of aryl methyl sites for hydroxylation is 1. The summed E-state index contributed by atoms with van der Waals surface area (Å²) < 4.78 is 5.95. The maximum Gasteiger partial charge on any atom is 0.253 e. The number of piperidine rings is 1. The van der Waals surface area contributed by atoms with E-state index in [-0.39, 0.29) is 12.0 Å². The number of likely N-dealkylation sites (tertiary alicyclic amines) is 1. The number of benzene rings is 1. The van der Waals surface area contributed by atoms with Crippen LogP contribution in [0.5, 0.6) is 0 Å². The van der Waals surface area contributed by atoms with Crippen molar-refractivity contribution in [2.24, 2.45) is 0 Å². The van der Waals surface area contributed by atoms with Gasteiger partial charge in [-0.15, -0.1) is 0 Å². The molecule has 1 heterocycles. The zero-order valence-corrected chi connectivity index (χ0v) is 21.7. The first kappa shape index (κ1) is 28.5. The van der Waals surface area contributed by atoms with Gasteiger partial charge in [-0.1, -0.05) is 37.3 Å². The Hall–Kier alpha value is -2.53. The first-order chi connectivity index (χ1) is 15.9. The van der Waals surface area contributed by atoms with Crippen LogP contribution < -0.4 is 5.32 Å². The van der Waals surface area contributed by atoms with E-state index in [2.05, 4.69) is 37.7 Å². The predicted octanol–water partition coefficient (Wildman–Crippen LogP) is 5.55. The lowest BCUT2D eigenvalue weighted by molar-refractivity contribution is 0.0724. The number of rotatable bonds is 10. The third kappa shape index (κ3) is 10.3. The van der Waals surface area contributed by atoms with E-state index in [1.807, 2.05) is 68.3 Å². The van der Waals surface area contributed by atoms with E-state index in [0.29, 0.717) is 0 Å². The van der Waals surface area contributed by atoms with Crippen molar-refractivity contribution in [2.45, 2.75) is 59.5 Å². The van der Waals surface area contributed by atoms with Crippen molar-refractivity contribution in [3.8, 4) is 0 Å². The number of ether oxygens (including phenoxy) is 1. The van der Waals surface area contributed by atoms with Crippen LogP contribution in [0, 0.1) is 6.92 Å². The zero-order chi connectivity index (χ0) is 24.6. The first-order valence-corrected chi connectivity index (χ1v) is 12.3. The highest BCUT2D eigenvalue weighted by molar-refractivity contribution is 5.94. The van der Waals surface area contributed by atoms with Gasteiger partial charge < -0.3 is 19.9 Å². The number of nitrogens with one attached hydrogen (secondary N) is 1. The van der Waals surface area contributed by atoms with Crippen LogP contribution in [0.25, 0.3) is 0 Å². The Labute approximate surface area is 202 Å². The molecule has 1 aliphatic heterocycles. The molecule has 1 saturated heterocycles. The molecule has 0 bridgehead atoms. The molecule has 1 atom stereocenters. The molecule has 1 unspecified atom stereocenters. The number of allylic oxidation sites excluding steroid dienone is 3. The molecule has 1 N–H and O–H groups in total. The summed E-state index contributed by atoms with van der Waals surface area (Å²) in [5.41, 5.74) is 3.01. The molecule has 0 saturated carbocycles. The molecule has 0 aliphatic carbocycles. The molecule has 33 heavy (non-hydrogen) atoms. The van der Waals surface area contributed by atoms with Crippen LogP contribution in [0.2, 0.25) is 0 Å². The summed E-state index contributed by atoms with van der Waals surface area (Å²) in [4.78, 5) is 16.2. The van der Waals surface area contributed by atoms with Crippen LogP contribution in [0.4, 0.5) is 0 Å². The van der Waals surface area contributed by atoms with Crippen LogP contribution >= 0.6 is 0 Å². The summed E-state index contributed by atoms with van der Waals surface area (Å²) in [5.74, 6) is 1.08. The summed E-state index contributed by atoms with van der Waals surface area (Å²) in [6, 6.07) is 7.85. The quantitative estimate of drug-likeness (QED) is 0.371. The lowest BCUT2D eigenvalue weighted by atomic mass is 10.1. The fourth-order valence-corrected chi connectivity index (χ4v) is 3.54. The van der Waals surface area contributed by atoms with Gasteiger partial charge in [0.1, 0.15) is 5.76 Å². The summed E-state index contributed by atoms with van der Waals surface area (Å²) in [5, 5.41) is 3.14. The summed E-state index contributed by atoms with van der Waals surface area (Å²) in [7, 11) is 4.01. The second kappa shape index (κ2) is 16.1. The predicted molar refractivity (Wildman–Crippen MR) is 140 cm³/mol. The van der Waals surface area contributed by atoms with Gasteiger partial charge in [-0.3, -0.25) is 4.79 Å². The highest BCUT2D eigenvalue weighted by Gasteiger charge is 2.17. The van der Waals surface area contributed by atoms with E-state index in [4.69, 9.17) is 4.74 Å². The molecule has 1 aromatic rings. The highest BCUT2D eigenvalue weighted by Crippen LogP contribution is 2.16. The molecular weight excluding hydrogens is 410 g/mol. The van der Waals surface area contributed by atoms with Crippen molar-refractivity contribution in [1.29, 1.82) is 0 Å². The Balaban J connectivity index is 0.000000334. The fourth-order valence-electron chi connectivity index (χ4n) is 3.54. The Kier molecular flexibility index (Phi) is 13.9. The van der Waals surface area contributed by atoms with Crippen molar-refractivity contribution in [2.75, 3.05) is 40.3 Å². The molecule has 0 radical (unpaired) electrons. The average molecular weight is 456 g/mol. The molecule has 2 rings (SSSR count). The van der Waals surface area contributed by atoms with Gasteiger partial charge in [0.2, 0.25) is 0 Å². The number of likely N-dealkylation sites (N-methyl/N-ethyl adjacent to an activating group) is 2. The minimum Gasteiger partial charge on any atom is -0.489 e. The number of hydrogen-bond acceptors (Lipinski definition) is 4. The van der Waals surface area contributed by atoms with Gasteiger partial charge in [0.05, 0.1) is 11.8 Å². The normalized spacial score (nSPS) is 15.3. The Morgan fingerprint density at radius 1 is 1.30 bits per heavy atom. The molecular formula is C28H45N3O2. The van der Waals surface area contributed by atoms with Crippen molar-refractivity contribution in [3.63, 3.8) is 0 Å². The van der Waals surface area contributed by atoms with E-state index in [0.717, 1.165) is 68.0 Å². The molecule has 0 aromatic heterocycles. The summed E-state index contributed by atoms with van der Waals surface area (Å²) in [6.45, 7) is 15.8. The standard InChI is InChI=1S/C15H28N2O.C13H17NO/c1-7-10-15(18-13(4)8-2)14(9-3)17(6)12-11-16-5;1-11-6-5-7-12(10-11)13(15)14-8-3-2-4-9-14/h7,9-10,13,16H,3,8,11-12H2,1-2,4-6H3;5-7,10H,2-4,8-9H2,1H3/b10-7-,15-14-;. The molecule has 1 aliphatic rings. The largest absolute Gasteiger partial charge is 0.489 e. The van der Waals surface area contributed by atoms with Crippen molar-refractivity contribution < 1.29 is 9.53 Å². The van der Waals surface area contributed by atoms with Gasteiger partial charge in [0, 0.05) is 38.8 Å². The van der Waals surface area contributed by atoms with E-state index in [9.17, 15) is 4.79 Å². The van der Waals surface area contributed by atoms with E-state index in [1.54, 1.807) is 0 Å². The number of hydrogen-bond donors (Lipinski definition) is 1. The van der Waals surface area contributed by atoms with Crippen molar-refractivity contribution in [1.82, 2.24) is 15.1 Å². The minimum absolute atomic E-state index is 0.193. The second-order valence-electron chi connectivity index (χ2n) is 8.54. The van der Waals surface area contributed by atoms with Crippen LogP contribution in [-0.2, 0) is 4.74 Å². The summed E-state index contributed by atoms with van der Waals surface area (Å²) >= 11 is 0. The van der Waals surface area contributed by atoms with Gasteiger partial charge >= 0.3 is 0 Å². The Morgan fingerprint density at radius 3 is 2.55 bits per heavy atom. The van der Waals surface area contributed by atoms with Gasteiger partial charge in [0.25, 0.3) is 5.91 Å². The van der Waals surface area contributed by atoms with E-state index in [1.165, 1.54) is 6.42 Å². The SMILES string of the molecule is C=C/C(=C(\C=C/C)OC(C)CC)N(C)CCNC.Cc1cccc(C(=O)N2CCCCC2)c1. The van der Waals surface area contributed by atoms with Gasteiger partial charge in [0.15, 0.2) is 0 Å². The van der Waals surface area contributed by atoms with Gasteiger partial charge in [-0.2, -0.15) is 0 Å². The molecule has 1 amide bonds. The lowest BCUT2D eigenvalue weighted by Gasteiger charge is -2.26. The van der Waals surface area contributed by atoms with Gasteiger partial charge in [-0.25, -0.2) is 0 Å². The molecule has 1 aromatic carbocycles. The maximum atomic E-state index is 12.1. The number of nitrogens with zero attached hydrogens (tertiary/aromatic N) is 2. The monoisotopic (exact) mass is 455 g/mol. The third-order valence-electron chi connectivity index (χ3n) is 5.68. The van der Waals surface area contributed by atoms with Crippen LogP contribution in [-0.4, -0.2) is 62.1 Å². The maximum absolute atomic E-state index is 12.1. The molecule has 184 valence electrons. The van der Waals surface area contributed by atoms with Crippen LogP contribution in [0.1, 0.15) is 62.4 Å². The molecule has 0 spiro atoms. The molecule has 1 fully saturated rings. The van der Waals surface area contributed by atoms with Gasteiger partial charge in [-0.05, 0) is 77.8 Å². The Morgan fingerprint density at radius 2 is 2.00 bits per heavy atom. The van der Waals surface area contributed by atoms with Crippen LogP contribution in [0.3, 0.4) is 0 Å². The van der Waals surface area contributed by atoms with Crippen molar-refractivity contribution in [3.05, 3.63) is 71.7 Å². The topological polar surface area (TPSA) is 44.8 Å². The van der Waals surface area contributed by atoms with E-state index < -0.39 is 0 Å². The van der Waals surface area contributed by atoms with E-state index >= 15 is 0 Å². The fraction of sp³-hybridized carbons (Fsp3) is 0.536. The minimum atomic E-state index is 0.193.